The summed E-state index contributed by atoms with van der Waals surface area (Å²) in [5, 5.41) is 12.6. The van der Waals surface area contributed by atoms with Crippen LogP contribution in [0.25, 0.3) is 0 Å². The number of aliphatic hydroxyl groups excluding tert-OH is 1. The Kier molecular flexibility index (Phi) is 4.04. The van der Waals surface area contributed by atoms with Crippen molar-refractivity contribution in [3.05, 3.63) is 0 Å². The van der Waals surface area contributed by atoms with Crippen LogP contribution in [0.15, 0.2) is 0 Å². The van der Waals surface area contributed by atoms with Crippen LogP contribution >= 0.6 is 0 Å². The van der Waals surface area contributed by atoms with E-state index < -0.39 is 0 Å². The van der Waals surface area contributed by atoms with E-state index >= 15 is 0 Å². The smallest absolute Gasteiger partial charge is 0.0471 e. The van der Waals surface area contributed by atoms with Gasteiger partial charge in [0.2, 0.25) is 0 Å². The lowest BCUT2D eigenvalue weighted by atomic mass is 9.79. The fourth-order valence-electron chi connectivity index (χ4n) is 3.19. The van der Waals surface area contributed by atoms with Crippen LogP contribution in [0, 0.1) is 17.8 Å². The Morgan fingerprint density at radius 2 is 1.87 bits per heavy atom. The molecule has 88 valence electrons. The molecule has 0 aromatic rings. The molecule has 2 fully saturated rings. The lowest BCUT2D eigenvalue weighted by Crippen LogP contribution is -2.26. The van der Waals surface area contributed by atoms with Gasteiger partial charge in [0.15, 0.2) is 0 Å². The minimum Gasteiger partial charge on any atom is -0.396 e. The Bertz CT molecular complexity index is 187. The van der Waals surface area contributed by atoms with E-state index in [1.807, 2.05) is 0 Å². The molecule has 1 heterocycles. The van der Waals surface area contributed by atoms with Crippen LogP contribution in [-0.2, 0) is 0 Å². The molecule has 2 atom stereocenters. The number of aliphatic hydroxyl groups is 1. The normalized spacial score (nSPS) is 42.0. The van der Waals surface area contributed by atoms with Crippen molar-refractivity contribution < 1.29 is 5.11 Å². The maximum Gasteiger partial charge on any atom is 0.0471 e. The van der Waals surface area contributed by atoms with Crippen molar-refractivity contribution in [1.29, 1.82) is 0 Å². The lowest BCUT2D eigenvalue weighted by Gasteiger charge is -2.28. The summed E-state index contributed by atoms with van der Waals surface area (Å²) in [5.41, 5.74) is 0. The van der Waals surface area contributed by atoms with Crippen LogP contribution in [0.1, 0.15) is 45.4 Å². The van der Waals surface area contributed by atoms with Crippen molar-refractivity contribution in [1.82, 2.24) is 5.32 Å². The van der Waals surface area contributed by atoms with Gasteiger partial charge in [-0.05, 0) is 30.6 Å². The third kappa shape index (κ3) is 3.18. The highest BCUT2D eigenvalue weighted by molar-refractivity contribution is 4.84. The van der Waals surface area contributed by atoms with E-state index in [4.69, 9.17) is 5.11 Å². The van der Waals surface area contributed by atoms with Gasteiger partial charge in [0.05, 0.1) is 0 Å². The molecule has 15 heavy (non-hydrogen) atoms. The van der Waals surface area contributed by atoms with E-state index in [1.54, 1.807) is 0 Å². The van der Waals surface area contributed by atoms with E-state index in [0.29, 0.717) is 18.6 Å². The molecular weight excluding hydrogens is 186 g/mol. The van der Waals surface area contributed by atoms with Crippen LogP contribution in [0.3, 0.4) is 0 Å². The molecule has 2 heteroatoms. The van der Waals surface area contributed by atoms with E-state index in [1.165, 1.54) is 38.5 Å². The quantitative estimate of drug-likeness (QED) is 0.750. The van der Waals surface area contributed by atoms with Crippen molar-refractivity contribution in [3.8, 4) is 0 Å². The monoisotopic (exact) mass is 211 g/mol. The molecule has 0 aromatic heterocycles. The number of hydrogen-bond acceptors (Lipinski definition) is 2. The third-order valence-corrected chi connectivity index (χ3v) is 4.32. The molecule has 1 aliphatic carbocycles. The SMILES string of the molecule is CC1CCC(CC2CC(CO)CN2)CC1. The summed E-state index contributed by atoms with van der Waals surface area (Å²) < 4.78 is 0. The topological polar surface area (TPSA) is 32.3 Å². The first-order valence-electron chi connectivity index (χ1n) is 6.62. The molecule has 0 spiro atoms. The summed E-state index contributed by atoms with van der Waals surface area (Å²) in [6.45, 7) is 3.78. The summed E-state index contributed by atoms with van der Waals surface area (Å²) in [6.07, 6.45) is 8.28. The van der Waals surface area contributed by atoms with Gasteiger partial charge in [-0.2, -0.15) is 0 Å². The highest BCUT2D eigenvalue weighted by atomic mass is 16.3. The maximum atomic E-state index is 9.08. The van der Waals surface area contributed by atoms with Crippen molar-refractivity contribution in [2.45, 2.75) is 51.5 Å². The average Bonchev–Trinajstić information content (AvgIpc) is 2.69. The van der Waals surface area contributed by atoms with E-state index in [2.05, 4.69) is 12.2 Å². The highest BCUT2D eigenvalue weighted by Gasteiger charge is 2.27. The first-order chi connectivity index (χ1) is 7.28. The van der Waals surface area contributed by atoms with Gasteiger partial charge in [-0.3, -0.25) is 0 Å². The largest absolute Gasteiger partial charge is 0.396 e. The second kappa shape index (κ2) is 5.31. The molecule has 1 saturated heterocycles. The predicted molar refractivity (Wildman–Crippen MR) is 62.7 cm³/mol. The molecule has 0 bridgehead atoms. The Morgan fingerprint density at radius 1 is 1.13 bits per heavy atom. The second-order valence-corrected chi connectivity index (χ2v) is 5.75. The fourth-order valence-corrected chi connectivity index (χ4v) is 3.19. The molecule has 1 saturated carbocycles. The molecule has 1 aliphatic heterocycles. The van der Waals surface area contributed by atoms with E-state index in [0.717, 1.165) is 18.4 Å². The molecular formula is C13H25NO. The summed E-state index contributed by atoms with van der Waals surface area (Å²) >= 11 is 0. The Labute approximate surface area is 93.5 Å². The molecule has 2 unspecified atom stereocenters. The van der Waals surface area contributed by atoms with Crippen LogP contribution in [-0.4, -0.2) is 24.3 Å². The minimum atomic E-state index is 0.366. The summed E-state index contributed by atoms with van der Waals surface area (Å²) in [5.74, 6) is 2.44. The minimum absolute atomic E-state index is 0.366. The molecule has 0 amide bonds. The van der Waals surface area contributed by atoms with Gasteiger partial charge in [0, 0.05) is 19.2 Å². The average molecular weight is 211 g/mol. The van der Waals surface area contributed by atoms with Crippen molar-refractivity contribution >= 4 is 0 Å². The predicted octanol–water partition coefficient (Wildman–Crippen LogP) is 2.17. The fraction of sp³-hybridized carbons (Fsp3) is 1.00. The number of nitrogens with one attached hydrogen (secondary N) is 1. The van der Waals surface area contributed by atoms with Crippen LogP contribution in [0.2, 0.25) is 0 Å². The first kappa shape index (κ1) is 11.4. The van der Waals surface area contributed by atoms with Gasteiger partial charge in [-0.15, -0.1) is 0 Å². The Morgan fingerprint density at radius 3 is 2.47 bits per heavy atom. The van der Waals surface area contributed by atoms with Gasteiger partial charge < -0.3 is 10.4 Å². The van der Waals surface area contributed by atoms with Crippen molar-refractivity contribution in [3.63, 3.8) is 0 Å². The van der Waals surface area contributed by atoms with Gasteiger partial charge in [0.25, 0.3) is 0 Å². The second-order valence-electron chi connectivity index (χ2n) is 5.75. The van der Waals surface area contributed by atoms with Crippen LogP contribution < -0.4 is 5.32 Å². The summed E-state index contributed by atoms with van der Waals surface area (Å²) in [6, 6.07) is 0.695. The van der Waals surface area contributed by atoms with Gasteiger partial charge in [-0.1, -0.05) is 32.6 Å². The van der Waals surface area contributed by atoms with Gasteiger partial charge in [0.1, 0.15) is 0 Å². The van der Waals surface area contributed by atoms with Crippen LogP contribution in [0.4, 0.5) is 0 Å². The van der Waals surface area contributed by atoms with E-state index in [-0.39, 0.29) is 0 Å². The zero-order valence-corrected chi connectivity index (χ0v) is 9.91. The van der Waals surface area contributed by atoms with Gasteiger partial charge in [-0.25, -0.2) is 0 Å². The standard InChI is InChI=1S/C13H25NO/c1-10-2-4-11(5-3-10)6-13-7-12(9-15)8-14-13/h10-15H,2-9H2,1H3. The molecule has 2 aliphatic rings. The highest BCUT2D eigenvalue weighted by Crippen LogP contribution is 2.32. The maximum absolute atomic E-state index is 9.08. The van der Waals surface area contributed by atoms with Gasteiger partial charge >= 0.3 is 0 Å². The zero-order chi connectivity index (χ0) is 10.7. The van der Waals surface area contributed by atoms with E-state index in [9.17, 15) is 0 Å². The molecule has 2 N–H and O–H groups in total. The zero-order valence-electron chi connectivity index (χ0n) is 9.91. The van der Waals surface area contributed by atoms with Crippen molar-refractivity contribution in [2.24, 2.45) is 17.8 Å². The molecule has 2 nitrogen and oxygen atoms in total. The lowest BCUT2D eigenvalue weighted by molar-refractivity contribution is 0.229. The first-order valence-corrected chi connectivity index (χ1v) is 6.62. The number of rotatable bonds is 3. The summed E-state index contributed by atoms with van der Waals surface area (Å²) in [4.78, 5) is 0. The number of hydrogen-bond donors (Lipinski definition) is 2. The van der Waals surface area contributed by atoms with Crippen LogP contribution in [0.5, 0.6) is 0 Å². The Hall–Kier alpha value is -0.0800. The molecule has 0 aromatic carbocycles. The third-order valence-electron chi connectivity index (χ3n) is 4.32. The van der Waals surface area contributed by atoms with Crippen molar-refractivity contribution in [2.75, 3.05) is 13.2 Å². The summed E-state index contributed by atoms with van der Waals surface area (Å²) in [7, 11) is 0. The molecule has 0 radical (unpaired) electrons. The Balaban J connectivity index is 1.69. The molecule has 2 rings (SSSR count).